The van der Waals surface area contributed by atoms with Crippen LogP contribution >= 0.6 is 0 Å². The largest absolute Gasteiger partial charge is 0.390 e. The first-order chi connectivity index (χ1) is 10.6. The lowest BCUT2D eigenvalue weighted by molar-refractivity contribution is -0.243. The highest BCUT2D eigenvalue weighted by Crippen LogP contribution is 2.48. The summed E-state index contributed by atoms with van der Waals surface area (Å²) in [7, 11) is 0. The molecule has 0 aromatic heterocycles. The fourth-order valence-corrected chi connectivity index (χ4v) is 4.64. The molecule has 2 fully saturated rings. The summed E-state index contributed by atoms with van der Waals surface area (Å²) >= 11 is 0. The molecule has 5 atom stereocenters. The Balaban J connectivity index is 1.81. The van der Waals surface area contributed by atoms with Gasteiger partial charge < -0.3 is 14.6 Å². The molecule has 3 heteroatoms. The number of epoxide rings is 1. The summed E-state index contributed by atoms with van der Waals surface area (Å²) in [5.74, 6) is 0.396. The first-order valence-corrected chi connectivity index (χ1v) is 9.36. The van der Waals surface area contributed by atoms with Crippen molar-refractivity contribution in [3.63, 3.8) is 0 Å². The topological polar surface area (TPSA) is 42.0 Å². The predicted molar refractivity (Wildman–Crippen MR) is 92.4 cm³/mol. The standard InChI is InChI=1S/C20H34O3/c1-14-7-6-11-19(4)16(21)13-15(18(2,3)23-19)10-12-20(5)17(22-20)9-8-14/h7,15-17,21H,6,8-13H2,1-5H3/b14-7+/t15-,16-,17-,19+,20-/m1/s1. The molecule has 3 aliphatic heterocycles. The van der Waals surface area contributed by atoms with Crippen LogP contribution in [0.5, 0.6) is 0 Å². The molecular formula is C20H34O3. The molecule has 0 unspecified atom stereocenters. The third-order valence-corrected chi connectivity index (χ3v) is 6.65. The van der Waals surface area contributed by atoms with E-state index in [0.29, 0.717) is 12.0 Å². The van der Waals surface area contributed by atoms with Crippen molar-refractivity contribution in [2.45, 2.75) is 109 Å². The number of aliphatic hydroxyl groups is 1. The van der Waals surface area contributed by atoms with E-state index in [1.807, 2.05) is 0 Å². The van der Waals surface area contributed by atoms with Crippen LogP contribution in [0.15, 0.2) is 11.6 Å². The molecule has 0 amide bonds. The molecule has 23 heavy (non-hydrogen) atoms. The summed E-state index contributed by atoms with van der Waals surface area (Å²) in [5.41, 5.74) is 0.874. The molecule has 1 N–H and O–H groups in total. The first-order valence-electron chi connectivity index (χ1n) is 9.36. The van der Waals surface area contributed by atoms with E-state index in [1.54, 1.807) is 0 Å². The van der Waals surface area contributed by atoms with E-state index in [0.717, 1.165) is 44.9 Å². The molecule has 0 aromatic rings. The number of hydrogen-bond acceptors (Lipinski definition) is 3. The molecule has 0 aromatic carbocycles. The molecule has 1 aliphatic carbocycles. The van der Waals surface area contributed by atoms with Crippen LogP contribution in [0.25, 0.3) is 0 Å². The van der Waals surface area contributed by atoms with Gasteiger partial charge in [0, 0.05) is 0 Å². The fraction of sp³-hybridized carbons (Fsp3) is 0.900. The highest BCUT2D eigenvalue weighted by atomic mass is 16.6. The average Bonchev–Trinajstić information content (AvgIpc) is 3.09. The van der Waals surface area contributed by atoms with Gasteiger partial charge in [-0.05, 0) is 85.5 Å². The minimum atomic E-state index is -0.427. The van der Waals surface area contributed by atoms with Crippen LogP contribution in [-0.2, 0) is 9.47 Å². The second-order valence-corrected chi connectivity index (χ2v) is 9.05. The molecule has 0 saturated carbocycles. The number of fused-ring (bicyclic) bond motifs is 7. The number of hydrogen-bond donors (Lipinski definition) is 1. The average molecular weight is 322 g/mol. The second-order valence-electron chi connectivity index (χ2n) is 9.05. The fourth-order valence-electron chi connectivity index (χ4n) is 4.64. The van der Waals surface area contributed by atoms with Gasteiger partial charge in [-0.15, -0.1) is 0 Å². The molecule has 2 saturated heterocycles. The van der Waals surface area contributed by atoms with E-state index in [2.05, 4.69) is 40.7 Å². The lowest BCUT2D eigenvalue weighted by Gasteiger charge is -2.51. The Bertz CT molecular complexity index is 483. The van der Waals surface area contributed by atoms with Gasteiger partial charge in [0.15, 0.2) is 0 Å². The second kappa shape index (κ2) is 5.86. The van der Waals surface area contributed by atoms with Gasteiger partial charge in [-0.2, -0.15) is 0 Å². The summed E-state index contributed by atoms with van der Waals surface area (Å²) in [6.45, 7) is 10.9. The van der Waals surface area contributed by atoms with E-state index in [9.17, 15) is 5.11 Å². The number of allylic oxidation sites excluding steroid dienone is 2. The van der Waals surface area contributed by atoms with Gasteiger partial charge in [0.2, 0.25) is 0 Å². The molecule has 3 heterocycles. The van der Waals surface area contributed by atoms with Crippen LogP contribution in [0.3, 0.4) is 0 Å². The van der Waals surface area contributed by atoms with E-state index in [-0.39, 0.29) is 17.3 Å². The Morgan fingerprint density at radius 3 is 2.57 bits per heavy atom. The van der Waals surface area contributed by atoms with Crippen molar-refractivity contribution in [3.8, 4) is 0 Å². The van der Waals surface area contributed by atoms with Crippen LogP contribution in [0.4, 0.5) is 0 Å². The van der Waals surface area contributed by atoms with Crippen molar-refractivity contribution >= 4 is 0 Å². The maximum absolute atomic E-state index is 10.7. The van der Waals surface area contributed by atoms with Crippen molar-refractivity contribution in [1.29, 1.82) is 0 Å². The Kier molecular flexibility index (Phi) is 4.44. The molecular weight excluding hydrogens is 288 g/mol. The van der Waals surface area contributed by atoms with E-state index < -0.39 is 5.60 Å². The van der Waals surface area contributed by atoms with Crippen molar-refractivity contribution in [1.82, 2.24) is 0 Å². The number of ether oxygens (including phenoxy) is 2. The van der Waals surface area contributed by atoms with Gasteiger partial charge in [0.05, 0.1) is 29.0 Å². The minimum absolute atomic E-state index is 0.0478. The summed E-state index contributed by atoms with van der Waals surface area (Å²) in [6.07, 6.45) is 9.47. The summed E-state index contributed by atoms with van der Waals surface area (Å²) in [6, 6.07) is 0. The molecule has 3 nitrogen and oxygen atoms in total. The molecule has 0 spiro atoms. The summed E-state index contributed by atoms with van der Waals surface area (Å²) in [5, 5.41) is 10.7. The maximum Gasteiger partial charge on any atom is 0.0922 e. The van der Waals surface area contributed by atoms with Crippen LogP contribution in [0.2, 0.25) is 0 Å². The lowest BCUT2D eigenvalue weighted by Crippen LogP contribution is -2.57. The zero-order chi connectivity index (χ0) is 16.9. The van der Waals surface area contributed by atoms with Crippen LogP contribution < -0.4 is 0 Å². The van der Waals surface area contributed by atoms with Crippen LogP contribution in [-0.4, -0.2) is 34.1 Å². The Morgan fingerprint density at radius 2 is 1.83 bits per heavy atom. The van der Waals surface area contributed by atoms with Gasteiger partial charge in [0.1, 0.15) is 0 Å². The summed E-state index contributed by atoms with van der Waals surface area (Å²) < 4.78 is 12.5. The SMILES string of the molecule is C/C1=C\CC[C@]2(C)OC(C)(C)[C@H](CC[C@@]3(C)O[C@@H]3CC1)C[C@H]2O. The smallest absolute Gasteiger partial charge is 0.0922 e. The lowest BCUT2D eigenvalue weighted by atomic mass is 9.73. The number of rotatable bonds is 0. The van der Waals surface area contributed by atoms with Crippen molar-refractivity contribution in [2.75, 3.05) is 0 Å². The Morgan fingerprint density at radius 1 is 1.09 bits per heavy atom. The Labute approximate surface area is 141 Å². The highest BCUT2D eigenvalue weighted by molar-refractivity contribution is 5.07. The zero-order valence-electron chi connectivity index (χ0n) is 15.5. The quantitative estimate of drug-likeness (QED) is 0.531. The van der Waals surface area contributed by atoms with Crippen molar-refractivity contribution in [3.05, 3.63) is 11.6 Å². The monoisotopic (exact) mass is 322 g/mol. The zero-order valence-corrected chi connectivity index (χ0v) is 15.5. The molecule has 2 bridgehead atoms. The third kappa shape index (κ3) is 3.52. The predicted octanol–water partition coefficient (Wildman–Crippen LogP) is 4.38. The van der Waals surface area contributed by atoms with E-state index in [1.165, 1.54) is 5.57 Å². The summed E-state index contributed by atoms with van der Waals surface area (Å²) in [4.78, 5) is 0. The Hall–Kier alpha value is -0.380. The van der Waals surface area contributed by atoms with E-state index in [4.69, 9.17) is 9.47 Å². The first kappa shape index (κ1) is 17.4. The van der Waals surface area contributed by atoms with Gasteiger partial charge in [0.25, 0.3) is 0 Å². The third-order valence-electron chi connectivity index (χ3n) is 6.65. The van der Waals surface area contributed by atoms with Gasteiger partial charge in [-0.3, -0.25) is 0 Å². The van der Waals surface area contributed by atoms with Crippen molar-refractivity contribution < 1.29 is 14.6 Å². The highest BCUT2D eigenvalue weighted by Gasteiger charge is 2.53. The molecule has 4 rings (SSSR count). The molecule has 132 valence electrons. The van der Waals surface area contributed by atoms with Gasteiger partial charge >= 0.3 is 0 Å². The minimum Gasteiger partial charge on any atom is -0.390 e. The number of aliphatic hydroxyl groups excluding tert-OH is 1. The van der Waals surface area contributed by atoms with Crippen LogP contribution in [0.1, 0.15) is 79.6 Å². The van der Waals surface area contributed by atoms with Crippen molar-refractivity contribution in [2.24, 2.45) is 5.92 Å². The van der Waals surface area contributed by atoms with E-state index >= 15 is 0 Å². The van der Waals surface area contributed by atoms with Crippen LogP contribution in [0, 0.1) is 5.92 Å². The molecule has 0 radical (unpaired) electrons. The normalized spacial score (nSPS) is 49.7. The van der Waals surface area contributed by atoms with Gasteiger partial charge in [-0.25, -0.2) is 0 Å². The van der Waals surface area contributed by atoms with Gasteiger partial charge in [-0.1, -0.05) is 11.6 Å². The maximum atomic E-state index is 10.7. The molecule has 4 aliphatic rings.